The Morgan fingerprint density at radius 2 is 0.796 bits per heavy atom. The Kier molecular flexibility index (Phi) is 7.13. The molecule has 0 atom stereocenters. The molecule has 0 N–H and O–H groups in total. The Balaban J connectivity index is 1.35. The van der Waals surface area contributed by atoms with Gasteiger partial charge in [-0.2, -0.15) is 0 Å². The molecule has 0 amide bonds. The van der Waals surface area contributed by atoms with Crippen LogP contribution in [0.1, 0.15) is 0 Å². The zero-order chi connectivity index (χ0) is 36.5. The lowest BCUT2D eigenvalue weighted by Gasteiger charge is -2.21. The Morgan fingerprint density at radius 1 is 0.389 bits per heavy atom. The van der Waals surface area contributed by atoms with Gasteiger partial charge < -0.3 is 18.3 Å². The maximum Gasteiger partial charge on any atom is 0.344 e. The van der Waals surface area contributed by atoms with Gasteiger partial charge in [-0.3, -0.25) is 0 Å². The number of fused-ring (bicyclic) bond motifs is 6. The molecule has 0 unspecified atom stereocenters. The van der Waals surface area contributed by atoms with Crippen LogP contribution in [0.3, 0.4) is 0 Å². The zero-order valence-corrected chi connectivity index (χ0v) is 29.3. The Bertz CT molecular complexity index is 3180. The monoisotopic (exact) mass is 702 g/mol. The molecule has 0 saturated heterocycles. The molecule has 0 saturated carbocycles. The van der Waals surface area contributed by atoms with E-state index in [-0.39, 0.29) is 5.63 Å². The van der Waals surface area contributed by atoms with Crippen molar-refractivity contribution in [2.45, 2.75) is 0 Å². The molecule has 2 aromatic heterocycles. The van der Waals surface area contributed by atoms with Crippen molar-refractivity contribution in [3.63, 3.8) is 0 Å². The highest BCUT2D eigenvalue weighted by molar-refractivity contribution is 6.30. The van der Waals surface area contributed by atoms with E-state index in [4.69, 9.17) is 18.3 Å². The van der Waals surface area contributed by atoms with Crippen molar-refractivity contribution in [2.24, 2.45) is 0 Å². The first kappa shape index (κ1) is 31.5. The van der Waals surface area contributed by atoms with Gasteiger partial charge in [0.2, 0.25) is 0 Å². The van der Waals surface area contributed by atoms with E-state index in [1.807, 2.05) is 84.9 Å². The molecular weight excluding hydrogens is 673 g/mol. The second-order valence-corrected chi connectivity index (χ2v) is 13.4. The van der Waals surface area contributed by atoms with Crippen LogP contribution in [0.4, 0.5) is 0 Å². The second-order valence-electron chi connectivity index (χ2n) is 13.4. The molecule has 10 rings (SSSR count). The number of methoxy groups -OCH3 is 2. The van der Waals surface area contributed by atoms with Crippen molar-refractivity contribution in [2.75, 3.05) is 14.2 Å². The minimum absolute atomic E-state index is 0.378. The smallest absolute Gasteiger partial charge is 0.344 e. The zero-order valence-electron chi connectivity index (χ0n) is 29.3. The average Bonchev–Trinajstić information content (AvgIpc) is 3.21. The SMILES string of the molecule is COc1cc(OC)c2cc(-c3c4ccccc4c(-c4c5ccccc5c(-c5cc6ccccc6oc5=O)c5ccccc45)c4ccccc34)c(=O)oc2c1. The van der Waals surface area contributed by atoms with Crippen LogP contribution in [-0.2, 0) is 0 Å². The van der Waals surface area contributed by atoms with E-state index >= 15 is 0 Å². The highest BCUT2D eigenvalue weighted by Crippen LogP contribution is 2.50. The minimum Gasteiger partial charge on any atom is -0.496 e. The molecule has 6 nitrogen and oxygen atoms in total. The van der Waals surface area contributed by atoms with Crippen molar-refractivity contribution in [1.29, 1.82) is 0 Å². The number of benzene rings is 8. The van der Waals surface area contributed by atoms with E-state index in [0.717, 1.165) is 70.7 Å². The summed E-state index contributed by atoms with van der Waals surface area (Å²) >= 11 is 0. The van der Waals surface area contributed by atoms with E-state index in [1.54, 1.807) is 26.4 Å². The first-order valence-corrected chi connectivity index (χ1v) is 17.6. The van der Waals surface area contributed by atoms with E-state index < -0.39 is 5.63 Å². The van der Waals surface area contributed by atoms with Gasteiger partial charge in [0.1, 0.15) is 22.7 Å². The van der Waals surface area contributed by atoms with Gasteiger partial charge in [0.25, 0.3) is 0 Å². The summed E-state index contributed by atoms with van der Waals surface area (Å²) in [6.07, 6.45) is 0. The van der Waals surface area contributed by atoms with Crippen LogP contribution in [0, 0.1) is 0 Å². The molecule has 0 aliphatic rings. The van der Waals surface area contributed by atoms with Crippen LogP contribution in [0.2, 0.25) is 0 Å². The van der Waals surface area contributed by atoms with Gasteiger partial charge in [-0.15, -0.1) is 0 Å². The largest absolute Gasteiger partial charge is 0.496 e. The maximum atomic E-state index is 14.0. The fourth-order valence-electron chi connectivity index (χ4n) is 8.23. The van der Waals surface area contributed by atoms with Gasteiger partial charge in [0, 0.05) is 28.6 Å². The van der Waals surface area contributed by atoms with E-state index in [1.165, 1.54) is 0 Å². The van der Waals surface area contributed by atoms with Gasteiger partial charge in [0.15, 0.2) is 0 Å². The molecule has 54 heavy (non-hydrogen) atoms. The second kappa shape index (κ2) is 12.2. The highest BCUT2D eigenvalue weighted by Gasteiger charge is 2.25. The molecule has 8 aromatic carbocycles. The van der Waals surface area contributed by atoms with E-state index in [0.29, 0.717) is 39.2 Å². The lowest BCUT2D eigenvalue weighted by Crippen LogP contribution is -2.05. The standard InChI is InChI=1S/C48H30O6/c1-51-28-24-41(52-2)37-26-39(48(50)54-42(37)25-28)44-31-16-6-10-20-35(31)46(36-21-11-7-17-32(36)44)45-33-18-8-4-14-29(33)43(30-15-5-9-19-34(30)45)38-23-27-13-3-12-22-40(27)53-47(38)49/h3-26H,1-2H3. The molecular formula is C48H30O6. The van der Waals surface area contributed by atoms with Gasteiger partial charge in [-0.1, -0.05) is 115 Å². The van der Waals surface area contributed by atoms with Crippen LogP contribution in [0.5, 0.6) is 11.5 Å². The quantitative estimate of drug-likeness (QED) is 0.131. The third-order valence-electron chi connectivity index (χ3n) is 10.5. The van der Waals surface area contributed by atoms with Crippen molar-refractivity contribution in [1.82, 2.24) is 0 Å². The Hall–Kier alpha value is -7.18. The fraction of sp³-hybridized carbons (Fsp3) is 0.0417. The number of ether oxygens (including phenoxy) is 2. The van der Waals surface area contributed by atoms with Crippen LogP contribution in [-0.4, -0.2) is 14.2 Å². The molecule has 0 fully saturated rings. The molecule has 10 aromatic rings. The molecule has 258 valence electrons. The van der Waals surface area contributed by atoms with E-state index in [2.05, 4.69) is 48.5 Å². The molecule has 2 heterocycles. The number of hydrogen-bond acceptors (Lipinski definition) is 6. The van der Waals surface area contributed by atoms with Gasteiger partial charge in [0.05, 0.1) is 30.7 Å². The average molecular weight is 703 g/mol. The molecule has 0 spiro atoms. The third kappa shape index (κ3) is 4.67. The number of hydrogen-bond donors (Lipinski definition) is 0. The molecule has 0 radical (unpaired) electrons. The fourth-order valence-corrected chi connectivity index (χ4v) is 8.23. The summed E-state index contributed by atoms with van der Waals surface area (Å²) in [5.74, 6) is 1.07. The lowest BCUT2D eigenvalue weighted by atomic mass is 9.81. The molecule has 0 bridgehead atoms. The first-order valence-electron chi connectivity index (χ1n) is 17.6. The van der Waals surface area contributed by atoms with Crippen LogP contribution in [0.25, 0.3) is 98.4 Å². The van der Waals surface area contributed by atoms with E-state index in [9.17, 15) is 9.59 Å². The van der Waals surface area contributed by atoms with Crippen molar-refractivity contribution in [3.8, 4) is 44.9 Å². The summed E-state index contributed by atoms with van der Waals surface area (Å²) in [5.41, 5.74) is 4.68. The van der Waals surface area contributed by atoms with Crippen LogP contribution < -0.4 is 20.7 Å². The molecule has 6 heteroatoms. The summed E-state index contributed by atoms with van der Waals surface area (Å²) in [4.78, 5) is 27.8. The summed E-state index contributed by atoms with van der Waals surface area (Å²) in [5, 5.41) is 9.11. The predicted octanol–water partition coefficient (Wildman–Crippen LogP) is 11.5. The lowest BCUT2D eigenvalue weighted by molar-refractivity contribution is 0.396. The van der Waals surface area contributed by atoms with Gasteiger partial charge in [-0.05, 0) is 72.4 Å². The summed E-state index contributed by atoms with van der Waals surface area (Å²) in [6, 6.07) is 47.8. The molecule has 0 aliphatic heterocycles. The topological polar surface area (TPSA) is 78.9 Å². The first-order chi connectivity index (χ1) is 26.5. The Morgan fingerprint density at radius 3 is 1.26 bits per heavy atom. The highest BCUT2D eigenvalue weighted by atomic mass is 16.5. The summed E-state index contributed by atoms with van der Waals surface area (Å²) in [6.45, 7) is 0. The summed E-state index contributed by atoms with van der Waals surface area (Å²) in [7, 11) is 3.15. The van der Waals surface area contributed by atoms with Gasteiger partial charge in [-0.25, -0.2) is 9.59 Å². The maximum absolute atomic E-state index is 14.0. The van der Waals surface area contributed by atoms with Crippen LogP contribution >= 0.6 is 0 Å². The normalized spacial score (nSPS) is 11.7. The number of rotatable bonds is 5. The predicted molar refractivity (Wildman–Crippen MR) is 218 cm³/mol. The van der Waals surface area contributed by atoms with Crippen LogP contribution in [0.15, 0.2) is 164 Å². The van der Waals surface area contributed by atoms with Gasteiger partial charge >= 0.3 is 11.3 Å². The number of para-hydroxylation sites is 1. The van der Waals surface area contributed by atoms with Crippen molar-refractivity contribution >= 4 is 65.0 Å². The third-order valence-corrected chi connectivity index (χ3v) is 10.5. The minimum atomic E-state index is -0.463. The van der Waals surface area contributed by atoms with Crippen molar-refractivity contribution < 1.29 is 18.3 Å². The van der Waals surface area contributed by atoms with Crippen molar-refractivity contribution in [3.05, 3.63) is 166 Å². The Labute approximate surface area is 308 Å². The summed E-state index contributed by atoms with van der Waals surface area (Å²) < 4.78 is 23.1. The molecule has 0 aliphatic carbocycles.